The summed E-state index contributed by atoms with van der Waals surface area (Å²) in [5, 5.41) is 9.63. The van der Waals surface area contributed by atoms with Gasteiger partial charge in [-0.3, -0.25) is 4.79 Å². The summed E-state index contributed by atoms with van der Waals surface area (Å²) < 4.78 is 12.3. The fraction of sp³-hybridized carbons (Fsp3) is 0.120. The van der Waals surface area contributed by atoms with Gasteiger partial charge in [0.05, 0.1) is 27.0 Å². The van der Waals surface area contributed by atoms with Gasteiger partial charge in [-0.2, -0.15) is 5.10 Å². The number of rotatable bonds is 7. The van der Waals surface area contributed by atoms with E-state index in [1.165, 1.54) is 16.8 Å². The molecule has 0 aliphatic carbocycles. The average Bonchev–Trinajstić information content (AvgIpc) is 3.24. The first kappa shape index (κ1) is 20.2. The van der Waals surface area contributed by atoms with Crippen molar-refractivity contribution in [2.45, 2.75) is 6.54 Å². The molecule has 6 heteroatoms. The summed E-state index contributed by atoms with van der Waals surface area (Å²) in [5.74, 6) is 1.64. The molecular formula is C25H23N3O3. The number of anilines is 1. The minimum atomic E-state index is -0.241. The van der Waals surface area contributed by atoms with Gasteiger partial charge in [0.1, 0.15) is 5.82 Å². The molecule has 1 aromatic heterocycles. The van der Waals surface area contributed by atoms with Crippen LogP contribution in [-0.2, 0) is 11.3 Å². The van der Waals surface area contributed by atoms with Gasteiger partial charge >= 0.3 is 0 Å². The standard InChI is InChI=1S/C25H23N3O3/c1-30-22-12-10-18(16-23(22)31-2)11-13-25(29)27-24-14-15-26-28(24)17-20-8-5-7-19-6-3-4-9-21(19)20/h3-16H,17H2,1-2H3,(H,27,29)/b13-11+. The first-order chi connectivity index (χ1) is 15.2. The zero-order valence-corrected chi connectivity index (χ0v) is 17.4. The van der Waals surface area contributed by atoms with E-state index in [4.69, 9.17) is 9.47 Å². The van der Waals surface area contributed by atoms with E-state index in [0.29, 0.717) is 23.9 Å². The molecule has 156 valence electrons. The van der Waals surface area contributed by atoms with Crippen LogP contribution in [0.2, 0.25) is 0 Å². The Morgan fingerprint density at radius 2 is 1.81 bits per heavy atom. The van der Waals surface area contributed by atoms with Crippen LogP contribution < -0.4 is 14.8 Å². The molecule has 0 radical (unpaired) electrons. The lowest BCUT2D eigenvalue weighted by atomic mass is 10.0. The number of nitrogens with one attached hydrogen (secondary N) is 1. The van der Waals surface area contributed by atoms with Crippen LogP contribution in [0.15, 0.2) is 79.0 Å². The summed E-state index contributed by atoms with van der Waals surface area (Å²) in [6.45, 7) is 0.559. The van der Waals surface area contributed by atoms with Crippen LogP contribution in [0.25, 0.3) is 16.8 Å². The molecule has 0 bridgehead atoms. The van der Waals surface area contributed by atoms with Crippen molar-refractivity contribution in [3.63, 3.8) is 0 Å². The number of fused-ring (bicyclic) bond motifs is 1. The molecule has 0 saturated heterocycles. The third-order valence-electron chi connectivity index (χ3n) is 5.00. The molecule has 31 heavy (non-hydrogen) atoms. The second-order valence-corrected chi connectivity index (χ2v) is 6.95. The van der Waals surface area contributed by atoms with Crippen LogP contribution >= 0.6 is 0 Å². The molecule has 0 spiro atoms. The molecule has 6 nitrogen and oxygen atoms in total. The maximum Gasteiger partial charge on any atom is 0.249 e. The van der Waals surface area contributed by atoms with Crippen molar-refractivity contribution < 1.29 is 14.3 Å². The fourth-order valence-corrected chi connectivity index (χ4v) is 3.45. The third kappa shape index (κ3) is 4.59. The first-order valence-electron chi connectivity index (χ1n) is 9.87. The highest BCUT2D eigenvalue weighted by Crippen LogP contribution is 2.28. The van der Waals surface area contributed by atoms with Crippen LogP contribution in [0, 0.1) is 0 Å². The molecule has 0 fully saturated rings. The van der Waals surface area contributed by atoms with E-state index in [1.54, 1.807) is 43.3 Å². The van der Waals surface area contributed by atoms with Gasteiger partial charge in [-0.1, -0.05) is 48.5 Å². The summed E-state index contributed by atoms with van der Waals surface area (Å²) in [5.41, 5.74) is 1.97. The van der Waals surface area contributed by atoms with Gasteiger partial charge in [0.2, 0.25) is 5.91 Å². The highest BCUT2D eigenvalue weighted by molar-refractivity contribution is 6.01. The highest BCUT2D eigenvalue weighted by Gasteiger charge is 2.08. The summed E-state index contributed by atoms with van der Waals surface area (Å²) in [4.78, 5) is 12.5. The smallest absolute Gasteiger partial charge is 0.249 e. The number of amides is 1. The number of aromatic nitrogens is 2. The van der Waals surface area contributed by atoms with E-state index < -0.39 is 0 Å². The normalized spacial score (nSPS) is 11.0. The van der Waals surface area contributed by atoms with Gasteiger partial charge in [0, 0.05) is 12.1 Å². The lowest BCUT2D eigenvalue weighted by molar-refractivity contribution is -0.111. The Labute approximate surface area is 180 Å². The Kier molecular flexibility index (Phi) is 5.98. The molecule has 4 aromatic rings. The topological polar surface area (TPSA) is 65.4 Å². The van der Waals surface area contributed by atoms with Crippen molar-refractivity contribution >= 4 is 28.6 Å². The van der Waals surface area contributed by atoms with Crippen molar-refractivity contribution in [3.8, 4) is 11.5 Å². The summed E-state index contributed by atoms with van der Waals surface area (Å²) in [7, 11) is 3.16. The van der Waals surface area contributed by atoms with E-state index in [1.807, 2.05) is 30.3 Å². The minimum absolute atomic E-state index is 0.241. The second-order valence-electron chi connectivity index (χ2n) is 6.95. The predicted octanol–water partition coefficient (Wildman–Crippen LogP) is 4.75. The number of nitrogens with zero attached hydrogens (tertiary/aromatic N) is 2. The van der Waals surface area contributed by atoms with Crippen molar-refractivity contribution in [3.05, 3.63) is 90.1 Å². The maximum absolute atomic E-state index is 12.5. The van der Waals surface area contributed by atoms with E-state index >= 15 is 0 Å². The molecule has 0 aliphatic heterocycles. The molecule has 1 amide bonds. The molecule has 0 saturated carbocycles. The zero-order chi connectivity index (χ0) is 21.6. The van der Waals surface area contributed by atoms with Crippen molar-refractivity contribution in [2.24, 2.45) is 0 Å². The fourth-order valence-electron chi connectivity index (χ4n) is 3.45. The number of ether oxygens (including phenoxy) is 2. The van der Waals surface area contributed by atoms with Gasteiger partial charge in [-0.05, 0) is 40.1 Å². The van der Waals surface area contributed by atoms with Crippen LogP contribution in [0.4, 0.5) is 5.82 Å². The molecule has 0 unspecified atom stereocenters. The number of hydrogen-bond acceptors (Lipinski definition) is 4. The molecule has 3 aromatic carbocycles. The van der Waals surface area contributed by atoms with Gasteiger partial charge in [-0.25, -0.2) is 4.68 Å². The lowest BCUT2D eigenvalue weighted by Crippen LogP contribution is -2.14. The van der Waals surface area contributed by atoms with Crippen LogP contribution in [0.1, 0.15) is 11.1 Å². The zero-order valence-electron chi connectivity index (χ0n) is 17.4. The van der Waals surface area contributed by atoms with E-state index in [9.17, 15) is 4.79 Å². The Balaban J connectivity index is 1.48. The predicted molar refractivity (Wildman–Crippen MR) is 122 cm³/mol. The summed E-state index contributed by atoms with van der Waals surface area (Å²) in [6.07, 6.45) is 4.89. The van der Waals surface area contributed by atoms with Crippen LogP contribution in [0.3, 0.4) is 0 Å². The van der Waals surface area contributed by atoms with Gasteiger partial charge in [0.25, 0.3) is 0 Å². The maximum atomic E-state index is 12.5. The second kappa shape index (κ2) is 9.17. The highest BCUT2D eigenvalue weighted by atomic mass is 16.5. The first-order valence-corrected chi connectivity index (χ1v) is 9.87. The number of benzene rings is 3. The Morgan fingerprint density at radius 3 is 2.65 bits per heavy atom. The van der Waals surface area contributed by atoms with Gasteiger partial charge in [0.15, 0.2) is 11.5 Å². The SMILES string of the molecule is COc1ccc(/C=C/C(=O)Nc2ccnn2Cc2cccc3ccccc23)cc1OC. The summed E-state index contributed by atoms with van der Waals surface area (Å²) >= 11 is 0. The number of methoxy groups -OCH3 is 2. The average molecular weight is 413 g/mol. The molecule has 1 N–H and O–H groups in total. The van der Waals surface area contributed by atoms with Crippen molar-refractivity contribution in [1.82, 2.24) is 9.78 Å². The molecule has 4 rings (SSSR count). The van der Waals surface area contributed by atoms with Crippen molar-refractivity contribution in [1.29, 1.82) is 0 Å². The minimum Gasteiger partial charge on any atom is -0.493 e. The number of carbonyl (C=O) groups excluding carboxylic acids is 1. The number of hydrogen-bond donors (Lipinski definition) is 1. The molecule has 0 aliphatic rings. The Hall–Kier alpha value is -4.06. The third-order valence-corrected chi connectivity index (χ3v) is 5.00. The Morgan fingerprint density at radius 1 is 1.00 bits per heavy atom. The van der Waals surface area contributed by atoms with Gasteiger partial charge < -0.3 is 14.8 Å². The monoisotopic (exact) mass is 413 g/mol. The van der Waals surface area contributed by atoms with Gasteiger partial charge in [-0.15, -0.1) is 0 Å². The summed E-state index contributed by atoms with van der Waals surface area (Å²) in [6, 6.07) is 21.7. The quantitative estimate of drug-likeness (QED) is 0.444. The van der Waals surface area contributed by atoms with Crippen molar-refractivity contribution in [2.75, 3.05) is 19.5 Å². The molecule has 0 atom stereocenters. The number of carbonyl (C=O) groups is 1. The molecular weight excluding hydrogens is 390 g/mol. The lowest BCUT2D eigenvalue weighted by Gasteiger charge is -2.10. The Bertz CT molecular complexity index is 1240. The van der Waals surface area contributed by atoms with Crippen LogP contribution in [0.5, 0.6) is 11.5 Å². The van der Waals surface area contributed by atoms with E-state index in [2.05, 4.69) is 34.7 Å². The molecule has 1 heterocycles. The van der Waals surface area contributed by atoms with Crippen LogP contribution in [-0.4, -0.2) is 29.9 Å². The van der Waals surface area contributed by atoms with E-state index in [0.717, 1.165) is 11.1 Å². The van der Waals surface area contributed by atoms with E-state index in [-0.39, 0.29) is 5.91 Å². The largest absolute Gasteiger partial charge is 0.493 e.